The van der Waals surface area contributed by atoms with Crippen molar-refractivity contribution in [1.82, 2.24) is 29.9 Å². The highest BCUT2D eigenvalue weighted by atomic mass is 35.6. The predicted octanol–water partition coefficient (Wildman–Crippen LogP) is 12.9. The maximum atomic E-state index is 4.91. The van der Waals surface area contributed by atoms with E-state index in [1.807, 2.05) is 72.8 Å². The first-order valence-corrected chi connectivity index (χ1v) is 17.5. The molecule has 7 aromatic rings. The van der Waals surface area contributed by atoms with Crippen LogP contribution in [0.1, 0.15) is 0 Å². The number of halogens is 12. The second-order valence-corrected chi connectivity index (χ2v) is 16.1. The minimum atomic E-state index is -0.750. The SMILES string of the molecule is ClC(Cl)Cl.ClC(Cl)Cl.ClC(Cl)Cl.ClC(Cl)Cl.c1ccc2nc3c(nc2c1)c1nc2ccccc2nc1c1nc2ccccc2nc31. The van der Waals surface area contributed by atoms with Crippen LogP contribution in [0.2, 0.25) is 0 Å². The van der Waals surface area contributed by atoms with Gasteiger partial charge in [0, 0.05) is 0 Å². The Morgan fingerprint density at radius 3 is 0.478 bits per heavy atom. The number of alkyl halides is 12. The van der Waals surface area contributed by atoms with Crippen molar-refractivity contribution in [2.75, 3.05) is 0 Å². The average molecular weight is 862 g/mol. The highest BCUT2D eigenvalue weighted by Crippen LogP contribution is 2.32. The molecule has 0 amide bonds. The van der Waals surface area contributed by atoms with Crippen LogP contribution in [0.15, 0.2) is 72.8 Å². The Balaban J connectivity index is 0.000000304. The fraction of sp³-hybridized carbons (Fsp3) is 0.143. The van der Waals surface area contributed by atoms with Gasteiger partial charge in [0.1, 0.15) is 33.1 Å². The Morgan fingerprint density at radius 1 is 0.261 bits per heavy atom. The minimum absolute atomic E-state index is 0.694. The van der Waals surface area contributed by atoms with E-state index >= 15 is 0 Å². The van der Waals surface area contributed by atoms with Crippen molar-refractivity contribution in [2.45, 2.75) is 17.2 Å². The van der Waals surface area contributed by atoms with Crippen molar-refractivity contribution in [2.24, 2.45) is 0 Å². The Morgan fingerprint density at radius 2 is 0.370 bits per heavy atom. The van der Waals surface area contributed by atoms with Gasteiger partial charge >= 0.3 is 0 Å². The summed E-state index contributed by atoms with van der Waals surface area (Å²) >= 11 is 57.7. The zero-order valence-corrected chi connectivity index (χ0v) is 31.5. The van der Waals surface area contributed by atoms with Gasteiger partial charge in [-0.15, -0.1) is 0 Å². The number of rotatable bonds is 0. The molecule has 0 N–H and O–H groups in total. The third kappa shape index (κ3) is 11.9. The van der Waals surface area contributed by atoms with Crippen molar-refractivity contribution in [1.29, 1.82) is 0 Å². The van der Waals surface area contributed by atoms with Gasteiger partial charge < -0.3 is 0 Å². The second kappa shape index (κ2) is 19.4. The lowest BCUT2D eigenvalue weighted by Crippen LogP contribution is -1.98. The summed E-state index contributed by atoms with van der Waals surface area (Å²) in [5, 5.41) is 0. The molecular weight excluding hydrogens is 846 g/mol. The Hall–Kier alpha value is -0.840. The number of benzene rings is 4. The standard InChI is InChI=1S/C24H12N6.4CHCl3/c1-2-8-14-13(7-1)25-19-20(26-14)22-24(30-18-12-6-5-11-17(18)28-22)23-21(19)27-15-9-3-4-10-16(15)29-23;4*2-1(3)4/h1-12H;4*1H. The van der Waals surface area contributed by atoms with E-state index in [-0.39, 0.29) is 0 Å². The first-order chi connectivity index (χ1) is 21.8. The van der Waals surface area contributed by atoms with E-state index in [0.717, 1.165) is 33.1 Å². The molecule has 4 aromatic carbocycles. The summed E-state index contributed by atoms with van der Waals surface area (Å²) < 4.78 is -3.00. The molecule has 6 nitrogen and oxygen atoms in total. The first-order valence-electron chi connectivity index (χ1n) is 12.3. The molecule has 0 aliphatic rings. The minimum Gasteiger partial charge on any atom is -0.242 e. The van der Waals surface area contributed by atoms with Crippen LogP contribution in [-0.2, 0) is 0 Å². The van der Waals surface area contributed by atoms with Gasteiger partial charge in [-0.2, -0.15) is 0 Å². The number of hydrogen-bond acceptors (Lipinski definition) is 6. The highest BCUT2D eigenvalue weighted by molar-refractivity contribution is 6.64. The van der Waals surface area contributed by atoms with E-state index in [1.54, 1.807) is 0 Å². The summed E-state index contributed by atoms with van der Waals surface area (Å²) in [5.74, 6) is 0. The predicted molar refractivity (Wildman–Crippen MR) is 204 cm³/mol. The molecule has 3 aromatic heterocycles. The van der Waals surface area contributed by atoms with Crippen LogP contribution in [0.25, 0.3) is 66.2 Å². The van der Waals surface area contributed by atoms with Crippen molar-refractivity contribution in [3.05, 3.63) is 72.8 Å². The van der Waals surface area contributed by atoms with Crippen LogP contribution in [-0.4, -0.2) is 47.1 Å². The summed E-state index contributed by atoms with van der Waals surface area (Å²) in [6.07, 6.45) is 0. The smallest absolute Gasteiger partial charge is 0.180 e. The molecule has 0 bridgehead atoms. The average Bonchev–Trinajstić information content (AvgIpc) is 2.98. The van der Waals surface area contributed by atoms with E-state index < -0.39 is 17.2 Å². The van der Waals surface area contributed by atoms with Gasteiger partial charge in [0.2, 0.25) is 0 Å². The van der Waals surface area contributed by atoms with Crippen LogP contribution in [0.5, 0.6) is 0 Å². The molecule has 46 heavy (non-hydrogen) atoms. The second-order valence-electron chi connectivity index (χ2n) is 8.22. The van der Waals surface area contributed by atoms with Gasteiger partial charge in [0.05, 0.1) is 33.1 Å². The van der Waals surface area contributed by atoms with Crippen molar-refractivity contribution >= 4 is 205 Å². The van der Waals surface area contributed by atoms with E-state index in [2.05, 4.69) is 0 Å². The third-order valence-corrected chi connectivity index (χ3v) is 5.38. The molecule has 0 radical (unpaired) electrons. The van der Waals surface area contributed by atoms with Crippen LogP contribution in [0.4, 0.5) is 0 Å². The lowest BCUT2D eigenvalue weighted by Gasteiger charge is -2.10. The van der Waals surface area contributed by atoms with Gasteiger partial charge in [-0.25, -0.2) is 29.9 Å². The fourth-order valence-electron chi connectivity index (χ4n) is 3.99. The Bertz CT molecular complexity index is 1640. The molecule has 0 spiro atoms. The van der Waals surface area contributed by atoms with Crippen LogP contribution in [0, 0.1) is 0 Å². The van der Waals surface area contributed by atoms with Crippen LogP contribution in [0.3, 0.4) is 0 Å². The van der Waals surface area contributed by atoms with Crippen molar-refractivity contribution in [3.63, 3.8) is 0 Å². The monoisotopic (exact) mass is 856 g/mol. The van der Waals surface area contributed by atoms with E-state index in [0.29, 0.717) is 33.1 Å². The summed E-state index contributed by atoms with van der Waals surface area (Å²) in [6, 6.07) is 23.5. The number of fused-ring (bicyclic) bond motifs is 9. The van der Waals surface area contributed by atoms with E-state index in [4.69, 9.17) is 169 Å². The lowest BCUT2D eigenvalue weighted by atomic mass is 10.1. The quantitative estimate of drug-likeness (QED) is 0.0859. The van der Waals surface area contributed by atoms with Gasteiger partial charge in [-0.3, -0.25) is 0 Å². The summed E-state index contributed by atoms with van der Waals surface area (Å²) in [4.78, 5) is 29.5. The molecule has 0 saturated carbocycles. The maximum Gasteiger partial charge on any atom is 0.180 e. The molecule has 0 aliphatic heterocycles. The first kappa shape index (κ1) is 39.6. The highest BCUT2D eigenvalue weighted by Gasteiger charge is 2.18. The van der Waals surface area contributed by atoms with Crippen molar-refractivity contribution < 1.29 is 0 Å². The zero-order valence-electron chi connectivity index (χ0n) is 22.5. The Labute approximate surface area is 322 Å². The van der Waals surface area contributed by atoms with Gasteiger partial charge in [0.15, 0.2) is 17.2 Å². The lowest BCUT2D eigenvalue weighted by molar-refractivity contribution is 1.34. The maximum absolute atomic E-state index is 4.91. The normalized spacial score (nSPS) is 11.0. The molecule has 7 rings (SSSR count). The number of para-hydroxylation sites is 6. The zero-order chi connectivity index (χ0) is 34.0. The van der Waals surface area contributed by atoms with Crippen LogP contribution < -0.4 is 0 Å². The summed E-state index contributed by atoms with van der Waals surface area (Å²) in [6.45, 7) is 0. The largest absolute Gasteiger partial charge is 0.242 e. The number of nitrogens with zero attached hydrogens (tertiary/aromatic N) is 6. The molecule has 0 fully saturated rings. The molecule has 0 saturated heterocycles. The molecule has 242 valence electrons. The molecule has 3 heterocycles. The van der Waals surface area contributed by atoms with Crippen molar-refractivity contribution in [3.8, 4) is 0 Å². The molecule has 0 aliphatic carbocycles. The topological polar surface area (TPSA) is 77.3 Å². The third-order valence-electron chi connectivity index (χ3n) is 5.38. The summed E-state index contributed by atoms with van der Waals surface area (Å²) in [5.41, 5.74) is 9.05. The van der Waals surface area contributed by atoms with E-state index in [9.17, 15) is 0 Å². The van der Waals surface area contributed by atoms with Gasteiger partial charge in [-0.05, 0) is 36.4 Å². The number of aromatic nitrogens is 6. The van der Waals surface area contributed by atoms with Gasteiger partial charge in [-0.1, -0.05) is 176 Å². The molecule has 18 heteroatoms. The van der Waals surface area contributed by atoms with Gasteiger partial charge in [0.25, 0.3) is 0 Å². The summed E-state index contributed by atoms with van der Waals surface area (Å²) in [7, 11) is 0. The number of hydrogen-bond donors (Lipinski definition) is 0. The molecular formula is C28H16Cl12N6. The fourth-order valence-corrected chi connectivity index (χ4v) is 3.99. The molecule has 0 unspecified atom stereocenters. The molecule has 0 atom stereocenters. The van der Waals surface area contributed by atoms with E-state index in [1.165, 1.54) is 0 Å². The Kier molecular flexibility index (Phi) is 16.7. The van der Waals surface area contributed by atoms with Crippen LogP contribution >= 0.6 is 139 Å².